The van der Waals surface area contributed by atoms with E-state index in [2.05, 4.69) is 5.32 Å². The second-order valence-electron chi connectivity index (χ2n) is 7.00. The Labute approximate surface area is 183 Å². The fraction of sp³-hybridized carbons (Fsp3) is 0.238. The van der Waals surface area contributed by atoms with Crippen molar-refractivity contribution in [3.05, 3.63) is 65.7 Å². The number of alkyl halides is 3. The van der Waals surface area contributed by atoms with E-state index in [0.29, 0.717) is 24.2 Å². The molecule has 1 aliphatic rings. The van der Waals surface area contributed by atoms with Crippen molar-refractivity contribution in [2.24, 2.45) is 0 Å². The molecule has 0 saturated carbocycles. The van der Waals surface area contributed by atoms with E-state index in [4.69, 9.17) is 0 Å². The molecule has 0 spiro atoms. The molecule has 0 unspecified atom stereocenters. The Morgan fingerprint density at radius 2 is 1.75 bits per heavy atom. The Bertz CT molecular complexity index is 1130. The summed E-state index contributed by atoms with van der Waals surface area (Å²) in [6.07, 6.45) is -1.29. The van der Waals surface area contributed by atoms with Gasteiger partial charge in [0, 0.05) is 12.6 Å². The molecule has 2 amide bonds. The number of hydrogen-bond donors (Lipinski definition) is 2. The molecule has 1 saturated heterocycles. The van der Waals surface area contributed by atoms with Gasteiger partial charge in [0.1, 0.15) is 6.54 Å². The Balaban J connectivity index is 1.64. The number of halogens is 3. The van der Waals surface area contributed by atoms with E-state index in [9.17, 15) is 31.2 Å². The van der Waals surface area contributed by atoms with E-state index in [1.165, 1.54) is 40.7 Å². The maximum Gasteiger partial charge on any atom is 0.405 e. The molecule has 2 aromatic rings. The lowest BCUT2D eigenvalue weighted by atomic mass is 10.1. The number of anilines is 2. The molecule has 2 aromatic carbocycles. The van der Waals surface area contributed by atoms with Gasteiger partial charge in [-0.2, -0.15) is 13.2 Å². The predicted octanol–water partition coefficient (Wildman–Crippen LogP) is 3.17. The molecule has 0 aliphatic carbocycles. The average Bonchev–Trinajstić information content (AvgIpc) is 3.10. The third-order valence-corrected chi connectivity index (χ3v) is 6.46. The van der Waals surface area contributed by atoms with Gasteiger partial charge in [-0.25, -0.2) is 8.42 Å². The minimum atomic E-state index is -4.55. The van der Waals surface area contributed by atoms with Crippen LogP contribution < -0.4 is 14.9 Å². The molecule has 170 valence electrons. The molecule has 0 atom stereocenters. The van der Waals surface area contributed by atoms with E-state index in [1.807, 2.05) is 0 Å². The summed E-state index contributed by atoms with van der Waals surface area (Å²) in [5.74, 6) is -1.44. The van der Waals surface area contributed by atoms with Gasteiger partial charge < -0.3 is 10.6 Å². The zero-order valence-corrected chi connectivity index (χ0v) is 17.5. The summed E-state index contributed by atoms with van der Waals surface area (Å²) >= 11 is 0. The quantitative estimate of drug-likeness (QED) is 0.638. The molecular formula is C21H20F3N3O4S. The number of benzene rings is 2. The highest BCUT2D eigenvalue weighted by molar-refractivity contribution is 7.93. The maximum atomic E-state index is 12.3. The van der Waals surface area contributed by atoms with Crippen molar-refractivity contribution in [3.63, 3.8) is 0 Å². The number of nitrogens with one attached hydrogen (secondary N) is 2. The molecule has 32 heavy (non-hydrogen) atoms. The first kappa shape index (κ1) is 23.3. The molecule has 1 fully saturated rings. The van der Waals surface area contributed by atoms with Crippen molar-refractivity contribution < 1.29 is 31.2 Å². The summed E-state index contributed by atoms with van der Waals surface area (Å²) in [6.45, 7) is -1.06. The Kier molecular flexibility index (Phi) is 6.87. The van der Waals surface area contributed by atoms with Crippen LogP contribution in [0.15, 0.2) is 54.6 Å². The Morgan fingerprint density at radius 3 is 2.38 bits per heavy atom. The fourth-order valence-electron chi connectivity index (χ4n) is 3.09. The lowest BCUT2D eigenvalue weighted by molar-refractivity contribution is -0.123. The van der Waals surface area contributed by atoms with Gasteiger partial charge in [0.05, 0.1) is 22.7 Å². The zero-order chi connectivity index (χ0) is 23.4. The van der Waals surface area contributed by atoms with Crippen LogP contribution in [0, 0.1) is 0 Å². The third-order valence-electron chi connectivity index (χ3n) is 4.59. The van der Waals surface area contributed by atoms with Crippen LogP contribution in [0.5, 0.6) is 0 Å². The van der Waals surface area contributed by atoms with Gasteiger partial charge in [-0.05, 0) is 42.3 Å². The predicted molar refractivity (Wildman–Crippen MR) is 115 cm³/mol. The van der Waals surface area contributed by atoms with Gasteiger partial charge in [0.25, 0.3) is 5.91 Å². The topological polar surface area (TPSA) is 95.6 Å². The third kappa shape index (κ3) is 6.10. The van der Waals surface area contributed by atoms with Gasteiger partial charge in [-0.3, -0.25) is 13.9 Å². The van der Waals surface area contributed by atoms with Gasteiger partial charge in [-0.1, -0.05) is 24.3 Å². The molecule has 1 heterocycles. The summed E-state index contributed by atoms with van der Waals surface area (Å²) in [5.41, 5.74) is 1.14. The van der Waals surface area contributed by atoms with Crippen LogP contribution in [0.2, 0.25) is 0 Å². The van der Waals surface area contributed by atoms with Crippen molar-refractivity contribution in [1.29, 1.82) is 0 Å². The van der Waals surface area contributed by atoms with Crippen molar-refractivity contribution in [3.8, 4) is 0 Å². The van der Waals surface area contributed by atoms with Crippen LogP contribution in [0.4, 0.5) is 24.5 Å². The van der Waals surface area contributed by atoms with Crippen molar-refractivity contribution in [1.82, 2.24) is 5.32 Å². The Morgan fingerprint density at radius 1 is 1.06 bits per heavy atom. The number of nitrogens with zero attached hydrogens (tertiary/aromatic N) is 1. The lowest BCUT2D eigenvalue weighted by Gasteiger charge is -2.16. The number of carbonyl (C=O) groups is 2. The van der Waals surface area contributed by atoms with Crippen LogP contribution in [0.25, 0.3) is 6.08 Å². The molecular weight excluding hydrogens is 447 g/mol. The summed E-state index contributed by atoms with van der Waals surface area (Å²) < 4.78 is 62.3. The first-order valence-electron chi connectivity index (χ1n) is 9.59. The second kappa shape index (κ2) is 9.43. The summed E-state index contributed by atoms with van der Waals surface area (Å²) in [5, 5.41) is 4.23. The molecule has 7 nitrogen and oxygen atoms in total. The molecule has 0 aromatic heterocycles. The van der Waals surface area contributed by atoms with E-state index in [0.717, 1.165) is 0 Å². The average molecular weight is 467 g/mol. The molecule has 0 radical (unpaired) electrons. The fourth-order valence-corrected chi connectivity index (χ4v) is 4.66. The first-order valence-corrected chi connectivity index (χ1v) is 11.2. The number of hydrogen-bond acceptors (Lipinski definition) is 4. The monoisotopic (exact) mass is 467 g/mol. The van der Waals surface area contributed by atoms with Crippen molar-refractivity contribution >= 4 is 39.3 Å². The summed E-state index contributed by atoms with van der Waals surface area (Å²) in [6, 6.07) is 12.3. The van der Waals surface area contributed by atoms with Crippen LogP contribution in [-0.2, 0) is 14.8 Å². The molecule has 11 heteroatoms. The highest BCUT2D eigenvalue weighted by Crippen LogP contribution is 2.24. The number of para-hydroxylation sites is 1. The maximum absolute atomic E-state index is 12.3. The molecule has 0 bridgehead atoms. The standard InChI is InChI=1S/C21H20F3N3O4S/c22-21(23,24)14-25-20(29)17-4-1-2-5-18(17)26-19(28)11-8-15-6-9-16(10-7-15)27-12-3-13-32(27,30)31/h1-2,4-11H,3,12-14H2,(H,25,29)(H,26,28)/b11-8+. The SMILES string of the molecule is O=C(/C=C/c1ccc(N2CCCS2(=O)=O)cc1)Nc1ccccc1C(=O)NCC(F)(F)F. The highest BCUT2D eigenvalue weighted by Gasteiger charge is 2.29. The smallest absolute Gasteiger partial charge is 0.343 e. The minimum Gasteiger partial charge on any atom is -0.343 e. The Hall–Kier alpha value is -3.34. The van der Waals surface area contributed by atoms with E-state index >= 15 is 0 Å². The van der Waals surface area contributed by atoms with Crippen LogP contribution in [0.1, 0.15) is 22.3 Å². The first-order chi connectivity index (χ1) is 15.0. The van der Waals surface area contributed by atoms with E-state index in [1.54, 1.807) is 29.6 Å². The van der Waals surface area contributed by atoms with E-state index in [-0.39, 0.29) is 17.0 Å². The van der Waals surface area contributed by atoms with Crippen molar-refractivity contribution in [2.45, 2.75) is 12.6 Å². The summed E-state index contributed by atoms with van der Waals surface area (Å²) in [4.78, 5) is 24.3. The van der Waals surface area contributed by atoms with Gasteiger partial charge >= 0.3 is 6.18 Å². The van der Waals surface area contributed by atoms with Gasteiger partial charge in [-0.15, -0.1) is 0 Å². The minimum absolute atomic E-state index is 0.0661. The molecule has 1 aliphatic heterocycles. The summed E-state index contributed by atoms with van der Waals surface area (Å²) in [7, 11) is -3.28. The van der Waals surface area contributed by atoms with Crippen LogP contribution in [0.3, 0.4) is 0 Å². The van der Waals surface area contributed by atoms with Gasteiger partial charge in [0.2, 0.25) is 15.9 Å². The molecule has 3 rings (SSSR count). The number of carbonyl (C=O) groups excluding carboxylic acids is 2. The normalized spacial score (nSPS) is 15.7. The number of sulfonamides is 1. The van der Waals surface area contributed by atoms with E-state index < -0.39 is 34.6 Å². The lowest BCUT2D eigenvalue weighted by Crippen LogP contribution is -2.34. The van der Waals surface area contributed by atoms with Crippen LogP contribution in [-0.4, -0.2) is 45.3 Å². The number of amides is 2. The van der Waals surface area contributed by atoms with Gasteiger partial charge in [0.15, 0.2) is 0 Å². The zero-order valence-electron chi connectivity index (χ0n) is 16.7. The number of rotatable bonds is 6. The second-order valence-corrected chi connectivity index (χ2v) is 9.01. The van der Waals surface area contributed by atoms with Crippen molar-refractivity contribution in [2.75, 3.05) is 28.5 Å². The molecule has 2 N–H and O–H groups in total. The highest BCUT2D eigenvalue weighted by atomic mass is 32.2. The van der Waals surface area contributed by atoms with Crippen LogP contribution >= 0.6 is 0 Å². The largest absolute Gasteiger partial charge is 0.405 e.